The number of anilines is 1. The summed E-state index contributed by atoms with van der Waals surface area (Å²) in [6.45, 7) is 16.3. The minimum Gasteiger partial charge on any atom is -0.496 e. The number of nitrogens with zero attached hydrogens (tertiary/aromatic N) is 4. The maximum Gasteiger partial charge on any atom is 0.230 e. The molecule has 0 aliphatic heterocycles. The molecule has 0 bridgehead atoms. The van der Waals surface area contributed by atoms with Gasteiger partial charge >= 0.3 is 0 Å². The molecule has 1 aromatic heterocycles. The van der Waals surface area contributed by atoms with Crippen molar-refractivity contribution in [3.05, 3.63) is 65.7 Å². The summed E-state index contributed by atoms with van der Waals surface area (Å²) in [6, 6.07) is 14.9. The number of hydrogen-bond donors (Lipinski definition) is 0. The number of ether oxygens (including phenoxy) is 1. The van der Waals surface area contributed by atoms with Gasteiger partial charge in [0.15, 0.2) is 8.32 Å². The molecule has 5 rings (SSSR count). The summed E-state index contributed by atoms with van der Waals surface area (Å²) in [5.74, 6) is 3.00. The lowest BCUT2D eigenvalue weighted by Gasteiger charge is -2.41. The number of aromatic nitrogens is 3. The van der Waals surface area contributed by atoms with E-state index < -0.39 is 8.32 Å². The number of rotatable bonds is 9. The summed E-state index contributed by atoms with van der Waals surface area (Å²) in [7, 11) is -0.102. The minimum absolute atomic E-state index is 0.0279. The van der Waals surface area contributed by atoms with Gasteiger partial charge in [-0.05, 0) is 131 Å². The highest BCUT2D eigenvalue weighted by Crippen LogP contribution is 2.41. The van der Waals surface area contributed by atoms with E-state index in [4.69, 9.17) is 9.16 Å². The smallest absolute Gasteiger partial charge is 0.230 e. The fraction of sp³-hybridized carbons (Fsp3) is 0.595. The van der Waals surface area contributed by atoms with E-state index in [9.17, 15) is 4.79 Å². The fourth-order valence-electron chi connectivity index (χ4n) is 6.93. The lowest BCUT2D eigenvalue weighted by Crippen LogP contribution is -2.46. The molecule has 2 aliphatic carbocycles. The van der Waals surface area contributed by atoms with Crippen molar-refractivity contribution in [2.24, 2.45) is 11.8 Å². The maximum atomic E-state index is 14.4. The molecular formula is C37H54N4O3Si. The van der Waals surface area contributed by atoms with Crippen molar-refractivity contribution >= 4 is 19.9 Å². The van der Waals surface area contributed by atoms with Gasteiger partial charge in [0, 0.05) is 24.3 Å². The second-order valence-corrected chi connectivity index (χ2v) is 19.8. The Morgan fingerprint density at radius 1 is 0.978 bits per heavy atom. The molecule has 2 saturated carbocycles. The van der Waals surface area contributed by atoms with Gasteiger partial charge in [-0.2, -0.15) is 5.10 Å². The zero-order chi connectivity index (χ0) is 32.4. The average Bonchev–Trinajstić information content (AvgIpc) is 3.46. The normalized spacial score (nSPS) is 22.7. The van der Waals surface area contributed by atoms with Gasteiger partial charge in [0.25, 0.3) is 0 Å². The largest absolute Gasteiger partial charge is 0.496 e. The van der Waals surface area contributed by atoms with E-state index in [1.807, 2.05) is 19.1 Å². The Bertz CT molecular complexity index is 1450. The van der Waals surface area contributed by atoms with Crippen molar-refractivity contribution in [3.63, 3.8) is 0 Å². The van der Waals surface area contributed by atoms with Gasteiger partial charge in [0.05, 0.1) is 12.8 Å². The molecule has 45 heavy (non-hydrogen) atoms. The Morgan fingerprint density at radius 3 is 2.29 bits per heavy atom. The molecule has 244 valence electrons. The predicted octanol–water partition coefficient (Wildman–Crippen LogP) is 8.78. The highest BCUT2D eigenvalue weighted by Gasteiger charge is 2.41. The van der Waals surface area contributed by atoms with Gasteiger partial charge in [0.1, 0.15) is 17.9 Å². The Balaban J connectivity index is 1.30. The van der Waals surface area contributed by atoms with Crippen LogP contribution in [0.5, 0.6) is 5.75 Å². The molecule has 0 unspecified atom stereocenters. The molecule has 0 radical (unpaired) electrons. The van der Waals surface area contributed by atoms with Crippen LogP contribution in [0.25, 0.3) is 5.69 Å². The zero-order valence-electron chi connectivity index (χ0n) is 28.8. The molecule has 0 spiro atoms. The van der Waals surface area contributed by atoms with Crippen LogP contribution >= 0.6 is 0 Å². The van der Waals surface area contributed by atoms with E-state index in [2.05, 4.69) is 86.1 Å². The third-order valence-corrected chi connectivity index (χ3v) is 15.3. The van der Waals surface area contributed by atoms with Gasteiger partial charge in [-0.15, -0.1) is 0 Å². The van der Waals surface area contributed by atoms with Gasteiger partial charge < -0.3 is 14.1 Å². The van der Waals surface area contributed by atoms with Crippen LogP contribution in [-0.4, -0.2) is 48.7 Å². The number of hydrogen-bond acceptors (Lipinski definition) is 5. The standard InChI is InChI=1S/C37H54N4O3Si/c1-26-22-31(18-21-35(26)43-6)29-14-12-28(13-15-29)24-40(32-10-9-11-33(23-32)41-25-38-27(2)39-41)36(42)30-16-19-34(20-17-30)44-45(7,8)37(3,4)5/h9-11,18,21-23,25,28-30,34H,12-17,19-20,24H2,1-8H3/t28-,29-,30-,34-. The molecule has 3 aromatic rings. The average molecular weight is 631 g/mol. The summed E-state index contributed by atoms with van der Waals surface area (Å²) in [6.07, 6.45) is 10.2. The first-order chi connectivity index (χ1) is 21.3. The van der Waals surface area contributed by atoms with E-state index in [0.717, 1.165) is 80.9 Å². The molecule has 0 N–H and O–H groups in total. The number of carbonyl (C=O) groups excluding carboxylic acids is 1. The van der Waals surface area contributed by atoms with Crippen molar-refractivity contribution in [2.45, 2.75) is 116 Å². The monoisotopic (exact) mass is 630 g/mol. The van der Waals surface area contributed by atoms with Crippen molar-refractivity contribution < 1.29 is 14.0 Å². The SMILES string of the molecule is COc1ccc([C@H]2CC[C@H](CN(c3cccc(-n4cnc(C)n4)c3)C(=O)[C@H]3CC[C@H](O[Si](C)(C)C(C)(C)C)CC3)CC2)cc1C. The second kappa shape index (κ2) is 13.8. The first-order valence-electron chi connectivity index (χ1n) is 17.0. The van der Waals surface area contributed by atoms with Crippen molar-refractivity contribution in [3.8, 4) is 11.4 Å². The van der Waals surface area contributed by atoms with Crippen LogP contribution in [0.1, 0.15) is 95.0 Å². The van der Waals surface area contributed by atoms with Crippen molar-refractivity contribution in [2.75, 3.05) is 18.6 Å². The van der Waals surface area contributed by atoms with E-state index in [0.29, 0.717) is 11.8 Å². The number of amides is 1. The van der Waals surface area contributed by atoms with Gasteiger partial charge in [0.2, 0.25) is 5.91 Å². The predicted molar refractivity (Wildman–Crippen MR) is 185 cm³/mol. The highest BCUT2D eigenvalue weighted by molar-refractivity contribution is 6.74. The zero-order valence-corrected chi connectivity index (χ0v) is 29.8. The third kappa shape index (κ3) is 7.88. The molecule has 1 heterocycles. The van der Waals surface area contributed by atoms with Crippen LogP contribution in [0, 0.1) is 25.7 Å². The first kappa shape index (κ1) is 33.4. The summed E-state index contributed by atoms with van der Waals surface area (Å²) >= 11 is 0. The molecule has 2 fully saturated rings. The van der Waals surface area contributed by atoms with Crippen molar-refractivity contribution in [1.29, 1.82) is 0 Å². The first-order valence-corrected chi connectivity index (χ1v) is 19.9. The molecule has 8 heteroatoms. The third-order valence-electron chi connectivity index (χ3n) is 10.7. The van der Waals surface area contributed by atoms with Crippen LogP contribution < -0.4 is 9.64 Å². The summed E-state index contributed by atoms with van der Waals surface area (Å²) < 4.78 is 14.1. The number of aryl methyl sites for hydroxylation is 2. The number of carbonyl (C=O) groups is 1. The van der Waals surface area contributed by atoms with Crippen molar-refractivity contribution in [1.82, 2.24) is 14.8 Å². The molecule has 1 amide bonds. The number of methoxy groups -OCH3 is 1. The van der Waals surface area contributed by atoms with Gasteiger partial charge in [-0.25, -0.2) is 9.67 Å². The molecular weight excluding hydrogens is 577 g/mol. The van der Waals surface area contributed by atoms with E-state index in [-0.39, 0.29) is 23.0 Å². The van der Waals surface area contributed by atoms with Crippen LogP contribution in [0.15, 0.2) is 48.8 Å². The summed E-state index contributed by atoms with van der Waals surface area (Å²) in [4.78, 5) is 20.8. The molecule has 2 aliphatic rings. The minimum atomic E-state index is -1.84. The van der Waals surface area contributed by atoms with Gasteiger partial charge in [-0.1, -0.05) is 39.0 Å². The van der Waals surface area contributed by atoms with Crippen LogP contribution in [-0.2, 0) is 9.22 Å². The molecule has 7 nitrogen and oxygen atoms in total. The van der Waals surface area contributed by atoms with E-state index >= 15 is 0 Å². The molecule has 2 aromatic carbocycles. The number of benzene rings is 2. The quantitative estimate of drug-likeness (QED) is 0.221. The van der Waals surface area contributed by atoms with Crippen LogP contribution in [0.4, 0.5) is 5.69 Å². The Hall–Kier alpha value is -2.97. The summed E-state index contributed by atoms with van der Waals surface area (Å²) in [5.41, 5.74) is 4.49. The van der Waals surface area contributed by atoms with E-state index in [1.54, 1.807) is 18.1 Å². The Morgan fingerprint density at radius 2 is 1.69 bits per heavy atom. The van der Waals surface area contributed by atoms with Crippen LogP contribution in [0.2, 0.25) is 18.1 Å². The van der Waals surface area contributed by atoms with Crippen LogP contribution in [0.3, 0.4) is 0 Å². The topological polar surface area (TPSA) is 69.5 Å². The van der Waals surface area contributed by atoms with E-state index in [1.165, 1.54) is 11.1 Å². The lowest BCUT2D eigenvalue weighted by atomic mass is 9.78. The highest BCUT2D eigenvalue weighted by atomic mass is 28.4. The fourth-order valence-corrected chi connectivity index (χ4v) is 8.35. The summed E-state index contributed by atoms with van der Waals surface area (Å²) in [5, 5.41) is 4.71. The van der Waals surface area contributed by atoms with Gasteiger partial charge in [-0.3, -0.25) is 4.79 Å². The maximum absolute atomic E-state index is 14.4. The second-order valence-electron chi connectivity index (χ2n) is 15.0. The Labute approximate surface area is 271 Å². The molecule has 0 saturated heterocycles. The molecule has 0 atom stereocenters. The lowest BCUT2D eigenvalue weighted by molar-refractivity contribution is -0.124. The Kier molecular flexibility index (Phi) is 10.2.